The second kappa shape index (κ2) is 5.04. The van der Waals surface area contributed by atoms with Gasteiger partial charge in [-0.25, -0.2) is 8.78 Å². The molecule has 1 atom stereocenters. The van der Waals surface area contributed by atoms with E-state index in [1.807, 2.05) is 0 Å². The maximum Gasteiger partial charge on any atom is 0.263 e. The van der Waals surface area contributed by atoms with Crippen LogP contribution in [-0.4, -0.2) is 18.8 Å². The molecule has 0 aromatic heterocycles. The van der Waals surface area contributed by atoms with Crippen molar-refractivity contribution in [3.63, 3.8) is 0 Å². The van der Waals surface area contributed by atoms with E-state index >= 15 is 0 Å². The molecule has 3 nitrogen and oxygen atoms in total. The molecule has 5 heteroatoms. The molecule has 0 aliphatic carbocycles. The average molecular weight is 217 g/mol. The minimum absolute atomic E-state index is 0.124. The van der Waals surface area contributed by atoms with Crippen molar-refractivity contribution in [2.45, 2.75) is 12.5 Å². The predicted octanol–water partition coefficient (Wildman–Crippen LogP) is 1.62. The summed E-state index contributed by atoms with van der Waals surface area (Å²) < 4.78 is 29.7. The molecule has 0 saturated carbocycles. The number of hydrogen-bond donors (Lipinski definition) is 2. The first-order valence-corrected chi connectivity index (χ1v) is 4.42. The van der Waals surface area contributed by atoms with Crippen LogP contribution in [0, 0.1) is 0 Å². The van der Waals surface area contributed by atoms with Crippen LogP contribution in [0.1, 0.15) is 23.6 Å². The van der Waals surface area contributed by atoms with E-state index in [1.165, 1.54) is 25.3 Å². The van der Waals surface area contributed by atoms with E-state index in [1.54, 1.807) is 0 Å². The Kier molecular flexibility index (Phi) is 3.99. The summed E-state index contributed by atoms with van der Waals surface area (Å²) in [5.74, 6) is 0.273. The predicted molar refractivity (Wildman–Crippen MR) is 52.0 cm³/mol. The lowest BCUT2D eigenvalue weighted by molar-refractivity contribution is 0.151. The molecule has 1 aromatic carbocycles. The van der Waals surface area contributed by atoms with Crippen LogP contribution in [0.3, 0.4) is 0 Å². The van der Waals surface area contributed by atoms with E-state index in [-0.39, 0.29) is 17.9 Å². The molecule has 0 saturated heterocycles. The molecule has 1 rings (SSSR count). The lowest BCUT2D eigenvalue weighted by Crippen LogP contribution is -2.15. The highest BCUT2D eigenvalue weighted by atomic mass is 19.3. The SMILES string of the molecule is COc1cc(C(F)F)ccc1C(N)CO. The second-order valence-corrected chi connectivity index (χ2v) is 3.09. The minimum Gasteiger partial charge on any atom is -0.496 e. The van der Waals surface area contributed by atoms with Gasteiger partial charge in [0, 0.05) is 11.1 Å². The van der Waals surface area contributed by atoms with E-state index in [0.717, 1.165) is 0 Å². The van der Waals surface area contributed by atoms with E-state index in [4.69, 9.17) is 15.6 Å². The first-order chi connectivity index (χ1) is 7.10. The van der Waals surface area contributed by atoms with Gasteiger partial charge in [-0.1, -0.05) is 12.1 Å². The van der Waals surface area contributed by atoms with Gasteiger partial charge in [-0.2, -0.15) is 0 Å². The van der Waals surface area contributed by atoms with Crippen LogP contribution in [0.15, 0.2) is 18.2 Å². The van der Waals surface area contributed by atoms with Gasteiger partial charge in [0.2, 0.25) is 0 Å². The van der Waals surface area contributed by atoms with Crippen molar-refractivity contribution >= 4 is 0 Å². The number of aliphatic hydroxyl groups excluding tert-OH is 1. The summed E-state index contributed by atoms with van der Waals surface area (Å²) >= 11 is 0. The quantitative estimate of drug-likeness (QED) is 0.805. The Balaban J connectivity index is 3.09. The third-order valence-electron chi connectivity index (χ3n) is 2.11. The molecule has 0 amide bonds. The lowest BCUT2D eigenvalue weighted by atomic mass is 10.0. The summed E-state index contributed by atoms with van der Waals surface area (Å²) in [4.78, 5) is 0. The largest absolute Gasteiger partial charge is 0.496 e. The highest BCUT2D eigenvalue weighted by molar-refractivity contribution is 5.40. The van der Waals surface area contributed by atoms with Crippen LogP contribution in [0.2, 0.25) is 0 Å². The van der Waals surface area contributed by atoms with Crippen LogP contribution in [0.4, 0.5) is 8.78 Å². The molecular formula is C10H13F2NO2. The van der Waals surface area contributed by atoms with Crippen molar-refractivity contribution in [3.8, 4) is 5.75 Å². The van der Waals surface area contributed by atoms with Crippen LogP contribution >= 0.6 is 0 Å². The van der Waals surface area contributed by atoms with Crippen molar-refractivity contribution in [1.29, 1.82) is 0 Å². The molecule has 15 heavy (non-hydrogen) atoms. The molecule has 0 bridgehead atoms. The number of rotatable bonds is 4. The third kappa shape index (κ3) is 2.64. The number of benzene rings is 1. The Morgan fingerprint density at radius 2 is 2.13 bits per heavy atom. The smallest absolute Gasteiger partial charge is 0.263 e. The molecular weight excluding hydrogens is 204 g/mol. The van der Waals surface area contributed by atoms with Gasteiger partial charge in [-0.05, 0) is 6.07 Å². The van der Waals surface area contributed by atoms with Gasteiger partial charge in [0.1, 0.15) is 5.75 Å². The van der Waals surface area contributed by atoms with Gasteiger partial charge in [-0.3, -0.25) is 0 Å². The van der Waals surface area contributed by atoms with Crippen molar-refractivity contribution < 1.29 is 18.6 Å². The summed E-state index contributed by atoms with van der Waals surface area (Å²) in [6.07, 6.45) is -2.54. The second-order valence-electron chi connectivity index (χ2n) is 3.09. The Bertz CT molecular complexity index is 331. The Labute approximate surface area is 86.5 Å². The number of methoxy groups -OCH3 is 1. The van der Waals surface area contributed by atoms with Gasteiger partial charge in [0.15, 0.2) is 0 Å². The first kappa shape index (κ1) is 11.9. The molecule has 1 aromatic rings. The summed E-state index contributed by atoms with van der Waals surface area (Å²) in [5.41, 5.74) is 5.97. The topological polar surface area (TPSA) is 55.5 Å². The van der Waals surface area contributed by atoms with Crippen molar-refractivity contribution in [1.82, 2.24) is 0 Å². The Morgan fingerprint density at radius 3 is 2.60 bits per heavy atom. The minimum atomic E-state index is -2.54. The van der Waals surface area contributed by atoms with E-state index in [9.17, 15) is 8.78 Å². The zero-order chi connectivity index (χ0) is 11.4. The highest BCUT2D eigenvalue weighted by Crippen LogP contribution is 2.29. The van der Waals surface area contributed by atoms with E-state index in [0.29, 0.717) is 5.56 Å². The number of hydrogen-bond acceptors (Lipinski definition) is 3. The van der Waals surface area contributed by atoms with Gasteiger partial charge < -0.3 is 15.6 Å². The molecule has 0 radical (unpaired) electrons. The third-order valence-corrected chi connectivity index (χ3v) is 2.11. The van der Waals surface area contributed by atoms with Crippen molar-refractivity contribution in [2.75, 3.05) is 13.7 Å². The lowest BCUT2D eigenvalue weighted by Gasteiger charge is -2.14. The Morgan fingerprint density at radius 1 is 1.47 bits per heavy atom. The number of halogens is 2. The molecule has 0 heterocycles. The summed E-state index contributed by atoms with van der Waals surface area (Å²) in [6, 6.07) is 3.33. The fourth-order valence-corrected chi connectivity index (χ4v) is 1.27. The van der Waals surface area contributed by atoms with E-state index in [2.05, 4.69) is 0 Å². The number of ether oxygens (including phenoxy) is 1. The van der Waals surface area contributed by atoms with Crippen molar-refractivity contribution in [2.24, 2.45) is 5.73 Å². The van der Waals surface area contributed by atoms with Crippen LogP contribution in [0.5, 0.6) is 5.75 Å². The number of aliphatic hydroxyl groups is 1. The van der Waals surface area contributed by atoms with Crippen LogP contribution in [-0.2, 0) is 0 Å². The summed E-state index contributed by atoms with van der Waals surface area (Å²) in [5, 5.41) is 8.86. The summed E-state index contributed by atoms with van der Waals surface area (Å²) in [7, 11) is 1.37. The fraction of sp³-hybridized carbons (Fsp3) is 0.400. The summed E-state index contributed by atoms with van der Waals surface area (Å²) in [6.45, 7) is -0.260. The van der Waals surface area contributed by atoms with Gasteiger partial charge >= 0.3 is 0 Å². The highest BCUT2D eigenvalue weighted by Gasteiger charge is 2.14. The van der Waals surface area contributed by atoms with Crippen molar-refractivity contribution in [3.05, 3.63) is 29.3 Å². The van der Waals surface area contributed by atoms with Crippen LogP contribution < -0.4 is 10.5 Å². The first-order valence-electron chi connectivity index (χ1n) is 4.42. The molecule has 0 spiro atoms. The number of alkyl halides is 2. The molecule has 0 aliphatic heterocycles. The van der Waals surface area contributed by atoms with Gasteiger partial charge in [0.05, 0.1) is 19.8 Å². The van der Waals surface area contributed by atoms with Crippen LogP contribution in [0.25, 0.3) is 0 Å². The maximum atomic E-state index is 12.4. The molecule has 84 valence electrons. The molecule has 0 aliphatic rings. The molecule has 3 N–H and O–H groups in total. The fourth-order valence-electron chi connectivity index (χ4n) is 1.27. The normalized spacial score (nSPS) is 12.9. The number of nitrogens with two attached hydrogens (primary N) is 1. The van der Waals surface area contributed by atoms with E-state index < -0.39 is 12.5 Å². The monoisotopic (exact) mass is 217 g/mol. The zero-order valence-corrected chi connectivity index (χ0v) is 8.28. The zero-order valence-electron chi connectivity index (χ0n) is 8.28. The average Bonchev–Trinajstić information content (AvgIpc) is 2.27. The molecule has 0 fully saturated rings. The molecule has 1 unspecified atom stereocenters. The van der Waals surface area contributed by atoms with Gasteiger partial charge in [0.25, 0.3) is 6.43 Å². The maximum absolute atomic E-state index is 12.4. The standard InChI is InChI=1S/C10H13F2NO2/c1-15-9-4-6(10(11)12)2-3-7(9)8(13)5-14/h2-4,8,10,14H,5,13H2,1H3. The van der Waals surface area contributed by atoms with Gasteiger partial charge in [-0.15, -0.1) is 0 Å². The Hall–Kier alpha value is -1.20.